The van der Waals surface area contributed by atoms with Crippen LogP contribution in [0.4, 0.5) is 0 Å². The highest BCUT2D eigenvalue weighted by Crippen LogP contribution is 2.18. The summed E-state index contributed by atoms with van der Waals surface area (Å²) in [6.07, 6.45) is 1.47. The van der Waals surface area contributed by atoms with Gasteiger partial charge in [0.1, 0.15) is 6.61 Å². The van der Waals surface area contributed by atoms with Crippen LogP contribution in [0.15, 0.2) is 55.3 Å². The van der Waals surface area contributed by atoms with Gasteiger partial charge in [0.15, 0.2) is 0 Å². The number of fused-ring (bicyclic) bond motifs is 1. The summed E-state index contributed by atoms with van der Waals surface area (Å²) in [7, 11) is 0. The molecule has 0 fully saturated rings. The zero-order chi connectivity index (χ0) is 9.80. The van der Waals surface area contributed by atoms with Crippen molar-refractivity contribution >= 4 is 10.8 Å². The van der Waals surface area contributed by atoms with Crippen LogP contribution >= 0.6 is 0 Å². The highest BCUT2D eigenvalue weighted by molar-refractivity contribution is 5.85. The molecular weight excluding hydrogens is 172 g/mol. The lowest BCUT2D eigenvalue weighted by atomic mass is 10.1. The second-order valence-corrected chi connectivity index (χ2v) is 3.12. The Hall–Kier alpha value is -1.76. The van der Waals surface area contributed by atoms with E-state index in [4.69, 9.17) is 4.74 Å². The van der Waals surface area contributed by atoms with Gasteiger partial charge in [-0.25, -0.2) is 0 Å². The van der Waals surface area contributed by atoms with Crippen LogP contribution in [0.25, 0.3) is 10.8 Å². The van der Waals surface area contributed by atoms with Crippen LogP contribution in [0, 0.1) is 0 Å². The van der Waals surface area contributed by atoms with Gasteiger partial charge in [0.05, 0.1) is 6.26 Å². The summed E-state index contributed by atoms with van der Waals surface area (Å²) in [5, 5.41) is 2.49. The summed E-state index contributed by atoms with van der Waals surface area (Å²) in [5.74, 6) is 0. The highest BCUT2D eigenvalue weighted by atomic mass is 16.5. The molecule has 0 amide bonds. The minimum absolute atomic E-state index is 0.588. The molecule has 0 bridgehead atoms. The first kappa shape index (κ1) is 8.82. The van der Waals surface area contributed by atoms with E-state index in [9.17, 15) is 0 Å². The van der Waals surface area contributed by atoms with E-state index >= 15 is 0 Å². The van der Waals surface area contributed by atoms with Gasteiger partial charge in [0.2, 0.25) is 0 Å². The number of ether oxygens (including phenoxy) is 1. The van der Waals surface area contributed by atoms with Gasteiger partial charge in [-0.05, 0) is 16.3 Å². The maximum atomic E-state index is 5.19. The van der Waals surface area contributed by atoms with Crippen molar-refractivity contribution in [3.05, 3.63) is 60.9 Å². The third kappa shape index (κ3) is 1.62. The predicted octanol–water partition coefficient (Wildman–Crippen LogP) is 3.50. The number of rotatable bonds is 3. The molecule has 2 aromatic rings. The van der Waals surface area contributed by atoms with Gasteiger partial charge in [-0.15, -0.1) is 0 Å². The van der Waals surface area contributed by atoms with E-state index in [1.54, 1.807) is 0 Å². The van der Waals surface area contributed by atoms with Crippen molar-refractivity contribution in [1.29, 1.82) is 0 Å². The summed E-state index contributed by atoms with van der Waals surface area (Å²) in [4.78, 5) is 0. The average Bonchev–Trinajstić information content (AvgIpc) is 2.26. The fourth-order valence-corrected chi connectivity index (χ4v) is 1.57. The number of hydrogen-bond donors (Lipinski definition) is 0. The molecule has 0 aliphatic rings. The van der Waals surface area contributed by atoms with Crippen molar-refractivity contribution in [3.63, 3.8) is 0 Å². The molecule has 0 aliphatic heterocycles. The van der Waals surface area contributed by atoms with Crippen molar-refractivity contribution in [2.75, 3.05) is 0 Å². The molecule has 0 heterocycles. The molecule has 0 radical (unpaired) electrons. The largest absolute Gasteiger partial charge is 0.497 e. The second kappa shape index (κ2) is 3.97. The Morgan fingerprint density at radius 3 is 2.71 bits per heavy atom. The first-order valence-electron chi connectivity index (χ1n) is 4.61. The molecule has 0 N–H and O–H groups in total. The summed E-state index contributed by atoms with van der Waals surface area (Å²) < 4.78 is 5.19. The molecule has 0 saturated carbocycles. The Bertz CT molecular complexity index is 440. The van der Waals surface area contributed by atoms with Crippen molar-refractivity contribution in [2.24, 2.45) is 0 Å². The topological polar surface area (TPSA) is 9.23 Å². The molecular formula is C13H12O. The molecule has 0 saturated heterocycles. The average molecular weight is 184 g/mol. The van der Waals surface area contributed by atoms with Gasteiger partial charge >= 0.3 is 0 Å². The first-order valence-corrected chi connectivity index (χ1v) is 4.61. The van der Waals surface area contributed by atoms with E-state index < -0.39 is 0 Å². The standard InChI is InChI=1S/C13H12O/c1-2-14-10-12-8-5-7-11-6-3-4-9-13(11)12/h2-9H,1,10H2. The van der Waals surface area contributed by atoms with E-state index in [1.165, 1.54) is 22.6 Å². The molecule has 1 nitrogen and oxygen atoms in total. The SMILES string of the molecule is C=COCc1cccc2ccccc12. The van der Waals surface area contributed by atoms with Crippen molar-refractivity contribution in [3.8, 4) is 0 Å². The third-order valence-electron chi connectivity index (χ3n) is 2.24. The van der Waals surface area contributed by atoms with Crippen LogP contribution < -0.4 is 0 Å². The molecule has 0 aliphatic carbocycles. The Morgan fingerprint density at radius 2 is 1.86 bits per heavy atom. The Labute approximate surface area is 83.6 Å². The van der Waals surface area contributed by atoms with Gasteiger partial charge in [0, 0.05) is 0 Å². The maximum Gasteiger partial charge on any atom is 0.113 e. The van der Waals surface area contributed by atoms with E-state index in [1.807, 2.05) is 18.2 Å². The summed E-state index contributed by atoms with van der Waals surface area (Å²) in [6.45, 7) is 4.12. The molecule has 0 spiro atoms. The quantitative estimate of drug-likeness (QED) is 0.663. The van der Waals surface area contributed by atoms with Crippen LogP contribution in [0.3, 0.4) is 0 Å². The Balaban J connectivity index is 2.48. The molecule has 0 aromatic heterocycles. The summed E-state index contributed by atoms with van der Waals surface area (Å²) in [5.41, 5.74) is 1.20. The molecule has 14 heavy (non-hydrogen) atoms. The molecule has 70 valence electrons. The lowest BCUT2D eigenvalue weighted by Gasteiger charge is -2.05. The lowest BCUT2D eigenvalue weighted by molar-refractivity contribution is 0.239. The zero-order valence-corrected chi connectivity index (χ0v) is 7.94. The van der Waals surface area contributed by atoms with E-state index in [0.29, 0.717) is 6.61 Å². The van der Waals surface area contributed by atoms with Crippen LogP contribution in [0.5, 0.6) is 0 Å². The van der Waals surface area contributed by atoms with Crippen molar-refractivity contribution in [2.45, 2.75) is 6.61 Å². The number of benzene rings is 2. The highest BCUT2D eigenvalue weighted by Gasteiger charge is 1.98. The first-order chi connectivity index (χ1) is 6.92. The maximum absolute atomic E-state index is 5.19. The molecule has 1 heteroatoms. The zero-order valence-electron chi connectivity index (χ0n) is 7.94. The smallest absolute Gasteiger partial charge is 0.113 e. The number of hydrogen-bond acceptors (Lipinski definition) is 1. The Morgan fingerprint density at radius 1 is 1.07 bits per heavy atom. The Kier molecular flexibility index (Phi) is 2.50. The predicted molar refractivity (Wildman–Crippen MR) is 58.9 cm³/mol. The van der Waals surface area contributed by atoms with Gasteiger partial charge in [0.25, 0.3) is 0 Å². The third-order valence-corrected chi connectivity index (χ3v) is 2.24. The fraction of sp³-hybridized carbons (Fsp3) is 0.0769. The van der Waals surface area contributed by atoms with E-state index in [-0.39, 0.29) is 0 Å². The molecule has 0 unspecified atom stereocenters. The fourth-order valence-electron chi connectivity index (χ4n) is 1.57. The molecule has 2 aromatic carbocycles. The minimum Gasteiger partial charge on any atom is -0.497 e. The van der Waals surface area contributed by atoms with Crippen LogP contribution in [0.1, 0.15) is 5.56 Å². The second-order valence-electron chi connectivity index (χ2n) is 3.12. The summed E-state index contributed by atoms with van der Waals surface area (Å²) >= 11 is 0. The summed E-state index contributed by atoms with van der Waals surface area (Å²) in [6, 6.07) is 14.5. The van der Waals surface area contributed by atoms with E-state index in [0.717, 1.165) is 0 Å². The monoisotopic (exact) mass is 184 g/mol. The molecule has 0 atom stereocenters. The lowest BCUT2D eigenvalue weighted by Crippen LogP contribution is -1.87. The van der Waals surface area contributed by atoms with Crippen LogP contribution in [-0.2, 0) is 11.3 Å². The minimum atomic E-state index is 0.588. The van der Waals surface area contributed by atoms with E-state index in [2.05, 4.69) is 30.8 Å². The van der Waals surface area contributed by atoms with Crippen molar-refractivity contribution < 1.29 is 4.74 Å². The van der Waals surface area contributed by atoms with Crippen molar-refractivity contribution in [1.82, 2.24) is 0 Å². The van der Waals surface area contributed by atoms with Gasteiger partial charge in [-0.1, -0.05) is 49.0 Å². The molecule has 2 rings (SSSR count). The normalized spacial score (nSPS) is 10.0. The van der Waals surface area contributed by atoms with Gasteiger partial charge in [-0.2, -0.15) is 0 Å². The van der Waals surface area contributed by atoms with Crippen LogP contribution in [0.2, 0.25) is 0 Å². The van der Waals surface area contributed by atoms with Gasteiger partial charge in [-0.3, -0.25) is 0 Å². The van der Waals surface area contributed by atoms with Crippen LogP contribution in [-0.4, -0.2) is 0 Å². The van der Waals surface area contributed by atoms with Gasteiger partial charge < -0.3 is 4.74 Å².